The molecule has 0 spiro atoms. The van der Waals surface area contributed by atoms with Gasteiger partial charge in [-0.1, -0.05) is 28.8 Å². The van der Waals surface area contributed by atoms with E-state index in [9.17, 15) is 18.3 Å². The topological polar surface area (TPSA) is 46.2 Å². The molecule has 7 heteroatoms. The average Bonchev–Trinajstić information content (AvgIpc) is 3.03. The van der Waals surface area contributed by atoms with Crippen LogP contribution in [-0.2, 0) is 6.18 Å². The van der Waals surface area contributed by atoms with Crippen molar-refractivity contribution in [2.75, 3.05) is 0 Å². The summed E-state index contributed by atoms with van der Waals surface area (Å²) in [6, 6.07) is 1.76. The van der Waals surface area contributed by atoms with Gasteiger partial charge in [0.25, 0.3) is 0 Å². The Kier molecular flexibility index (Phi) is 5.15. The van der Waals surface area contributed by atoms with Crippen LogP contribution in [0.2, 0.25) is 0 Å². The van der Waals surface area contributed by atoms with E-state index in [1.54, 1.807) is 0 Å². The SMILES string of the molecule is Cl.N[C@H](CC1CC1)c1cc(Br)cc(C(F)(F)F)c1O. The lowest BCUT2D eigenvalue weighted by Gasteiger charge is -2.18. The molecule has 0 radical (unpaired) electrons. The van der Waals surface area contributed by atoms with E-state index in [1.165, 1.54) is 6.07 Å². The van der Waals surface area contributed by atoms with E-state index in [1.807, 2.05) is 0 Å². The van der Waals surface area contributed by atoms with E-state index in [-0.39, 0.29) is 22.4 Å². The van der Waals surface area contributed by atoms with Gasteiger partial charge in [-0.05, 0) is 24.5 Å². The molecule has 0 amide bonds. The maximum atomic E-state index is 12.7. The largest absolute Gasteiger partial charge is 0.507 e. The van der Waals surface area contributed by atoms with Crippen LogP contribution in [0.4, 0.5) is 13.2 Å². The minimum absolute atomic E-state index is 0. The van der Waals surface area contributed by atoms with Crippen molar-refractivity contribution in [1.29, 1.82) is 0 Å². The third-order valence-electron chi connectivity index (χ3n) is 3.09. The number of nitrogens with two attached hydrogens (primary N) is 1. The molecular weight excluding hydrogens is 346 g/mol. The second-order valence-corrected chi connectivity index (χ2v) is 5.59. The van der Waals surface area contributed by atoms with Gasteiger partial charge in [0, 0.05) is 16.1 Å². The summed E-state index contributed by atoms with van der Waals surface area (Å²) in [6.07, 6.45) is -1.84. The fraction of sp³-hybridized carbons (Fsp3) is 0.500. The van der Waals surface area contributed by atoms with Gasteiger partial charge < -0.3 is 10.8 Å². The minimum Gasteiger partial charge on any atom is -0.507 e. The predicted octanol–water partition coefficient (Wildman–Crippen LogP) is 4.40. The Balaban J connectivity index is 0.00000180. The fourth-order valence-corrected chi connectivity index (χ4v) is 2.43. The van der Waals surface area contributed by atoms with Crippen molar-refractivity contribution in [3.8, 4) is 5.75 Å². The maximum absolute atomic E-state index is 12.7. The van der Waals surface area contributed by atoms with Crippen LogP contribution in [0.15, 0.2) is 16.6 Å². The zero-order valence-electron chi connectivity index (χ0n) is 9.88. The van der Waals surface area contributed by atoms with Crippen LogP contribution in [0.1, 0.15) is 36.4 Å². The summed E-state index contributed by atoms with van der Waals surface area (Å²) in [6.45, 7) is 0. The summed E-state index contributed by atoms with van der Waals surface area (Å²) in [4.78, 5) is 0. The number of phenols is 1. The van der Waals surface area contributed by atoms with Gasteiger partial charge in [-0.3, -0.25) is 0 Å². The van der Waals surface area contributed by atoms with Crippen molar-refractivity contribution >= 4 is 28.3 Å². The summed E-state index contributed by atoms with van der Waals surface area (Å²) < 4.78 is 38.4. The van der Waals surface area contributed by atoms with Crippen molar-refractivity contribution in [3.05, 3.63) is 27.7 Å². The molecule has 1 aromatic carbocycles. The smallest absolute Gasteiger partial charge is 0.420 e. The summed E-state index contributed by atoms with van der Waals surface area (Å²) in [5.41, 5.74) is 4.98. The highest BCUT2D eigenvalue weighted by molar-refractivity contribution is 9.10. The lowest BCUT2D eigenvalue weighted by atomic mass is 9.98. The van der Waals surface area contributed by atoms with E-state index in [0.717, 1.165) is 18.9 Å². The van der Waals surface area contributed by atoms with E-state index in [4.69, 9.17) is 5.73 Å². The first kappa shape index (κ1) is 16.6. The van der Waals surface area contributed by atoms with Gasteiger partial charge in [0.05, 0.1) is 5.56 Å². The second kappa shape index (κ2) is 5.89. The van der Waals surface area contributed by atoms with Crippen molar-refractivity contribution in [3.63, 3.8) is 0 Å². The lowest BCUT2D eigenvalue weighted by molar-refractivity contribution is -0.138. The van der Waals surface area contributed by atoms with Gasteiger partial charge in [0.1, 0.15) is 5.75 Å². The summed E-state index contributed by atoms with van der Waals surface area (Å²) in [5.74, 6) is -0.272. The molecule has 1 aliphatic rings. The number of alkyl halides is 3. The van der Waals surface area contributed by atoms with Crippen LogP contribution < -0.4 is 5.73 Å². The molecule has 108 valence electrons. The Bertz CT molecular complexity index is 463. The number of halogens is 5. The number of rotatable bonds is 3. The first-order chi connectivity index (χ1) is 8.29. The minimum atomic E-state index is -4.58. The first-order valence-corrected chi connectivity index (χ1v) is 6.43. The van der Waals surface area contributed by atoms with Crippen LogP contribution in [0, 0.1) is 5.92 Å². The van der Waals surface area contributed by atoms with Crippen LogP contribution in [-0.4, -0.2) is 5.11 Å². The number of hydrogen-bond donors (Lipinski definition) is 2. The molecule has 0 saturated heterocycles. The Labute approximate surface area is 123 Å². The van der Waals surface area contributed by atoms with Crippen molar-refractivity contribution in [1.82, 2.24) is 0 Å². The third kappa shape index (κ3) is 4.00. The molecule has 1 aromatic rings. The quantitative estimate of drug-likeness (QED) is 0.839. The van der Waals surface area contributed by atoms with Crippen LogP contribution in [0.3, 0.4) is 0 Å². The molecule has 1 atom stereocenters. The van der Waals surface area contributed by atoms with Crippen LogP contribution >= 0.6 is 28.3 Å². The van der Waals surface area contributed by atoms with Gasteiger partial charge >= 0.3 is 6.18 Å². The maximum Gasteiger partial charge on any atom is 0.420 e. The number of phenolic OH excluding ortho intramolecular Hbond substituents is 1. The number of hydrogen-bond acceptors (Lipinski definition) is 2. The zero-order valence-corrected chi connectivity index (χ0v) is 12.3. The lowest BCUT2D eigenvalue weighted by Crippen LogP contribution is -2.14. The third-order valence-corrected chi connectivity index (χ3v) is 3.55. The molecule has 1 saturated carbocycles. The van der Waals surface area contributed by atoms with Crippen molar-refractivity contribution in [2.24, 2.45) is 11.7 Å². The van der Waals surface area contributed by atoms with E-state index in [2.05, 4.69) is 15.9 Å². The molecule has 1 fully saturated rings. The predicted molar refractivity (Wildman–Crippen MR) is 72.3 cm³/mol. The number of benzene rings is 1. The molecule has 0 aromatic heterocycles. The molecule has 0 aliphatic heterocycles. The molecular formula is C12H14BrClF3NO. The molecule has 0 heterocycles. The molecule has 1 aliphatic carbocycles. The van der Waals surface area contributed by atoms with Crippen LogP contribution in [0.25, 0.3) is 0 Å². The summed E-state index contributed by atoms with van der Waals surface area (Å²) >= 11 is 3.02. The van der Waals surface area contributed by atoms with E-state index in [0.29, 0.717) is 12.3 Å². The second-order valence-electron chi connectivity index (χ2n) is 4.67. The molecule has 2 rings (SSSR count). The van der Waals surface area contributed by atoms with Crippen molar-refractivity contribution in [2.45, 2.75) is 31.5 Å². The summed E-state index contributed by atoms with van der Waals surface area (Å²) in [5, 5.41) is 9.73. The van der Waals surface area contributed by atoms with Gasteiger partial charge in [-0.2, -0.15) is 13.2 Å². The Hall–Kier alpha value is -0.460. The van der Waals surface area contributed by atoms with Gasteiger partial charge in [-0.15, -0.1) is 12.4 Å². The summed E-state index contributed by atoms with van der Waals surface area (Å²) in [7, 11) is 0. The van der Waals surface area contributed by atoms with Gasteiger partial charge in [0.15, 0.2) is 0 Å². The number of aromatic hydroxyl groups is 1. The fourth-order valence-electron chi connectivity index (χ4n) is 1.96. The Morgan fingerprint density at radius 2 is 1.95 bits per heavy atom. The van der Waals surface area contributed by atoms with Crippen LogP contribution in [0.5, 0.6) is 5.75 Å². The highest BCUT2D eigenvalue weighted by Crippen LogP contribution is 2.44. The molecule has 2 nitrogen and oxygen atoms in total. The normalized spacial score (nSPS) is 16.9. The zero-order chi connectivity index (χ0) is 13.5. The monoisotopic (exact) mass is 359 g/mol. The highest BCUT2D eigenvalue weighted by atomic mass is 79.9. The molecule has 0 bridgehead atoms. The molecule has 3 N–H and O–H groups in total. The Morgan fingerprint density at radius 3 is 2.42 bits per heavy atom. The van der Waals surface area contributed by atoms with E-state index >= 15 is 0 Å². The average molecular weight is 361 g/mol. The first-order valence-electron chi connectivity index (χ1n) is 5.64. The van der Waals surface area contributed by atoms with E-state index < -0.39 is 23.5 Å². The highest BCUT2D eigenvalue weighted by Gasteiger charge is 2.36. The van der Waals surface area contributed by atoms with Crippen molar-refractivity contribution < 1.29 is 18.3 Å². The van der Waals surface area contributed by atoms with Gasteiger partial charge in [0.2, 0.25) is 0 Å². The standard InChI is InChI=1S/C12H13BrF3NO.ClH/c13-7-4-8(10(17)3-6-1-2-6)11(18)9(5-7)12(14,15)16;/h4-6,10,18H,1-3,17H2;1H/t10-;/m1./s1. The molecule has 19 heavy (non-hydrogen) atoms. The molecule has 0 unspecified atom stereocenters. The Morgan fingerprint density at radius 1 is 1.37 bits per heavy atom. The van der Waals surface area contributed by atoms with Gasteiger partial charge in [-0.25, -0.2) is 0 Å².